The molecular formula is C12H21BrN2OS. The molecule has 3 nitrogen and oxygen atoms in total. The largest absolute Gasteiger partial charge is 0.396 e. The van der Waals surface area contributed by atoms with E-state index in [2.05, 4.69) is 34.2 Å². The van der Waals surface area contributed by atoms with Gasteiger partial charge in [-0.25, -0.2) is 0 Å². The predicted molar refractivity (Wildman–Crippen MR) is 77.5 cm³/mol. The van der Waals surface area contributed by atoms with Crippen LogP contribution in [0.4, 0.5) is 0 Å². The van der Waals surface area contributed by atoms with Crippen LogP contribution in [-0.2, 0) is 0 Å². The smallest absolute Gasteiger partial charge is 0.0539 e. The lowest BCUT2D eigenvalue weighted by Crippen LogP contribution is -2.28. The fraction of sp³-hybridized carbons (Fsp3) is 0.667. The van der Waals surface area contributed by atoms with Crippen molar-refractivity contribution < 1.29 is 5.11 Å². The number of nitrogens with two attached hydrogens (primary N) is 1. The first kappa shape index (κ1) is 15.1. The molecule has 5 heteroatoms. The predicted octanol–water partition coefficient (Wildman–Crippen LogP) is 2.57. The lowest BCUT2D eigenvalue weighted by Gasteiger charge is -2.15. The van der Waals surface area contributed by atoms with E-state index >= 15 is 0 Å². The summed E-state index contributed by atoms with van der Waals surface area (Å²) in [4.78, 5) is 2.58. The summed E-state index contributed by atoms with van der Waals surface area (Å²) in [6, 6.07) is 2.40. The van der Waals surface area contributed by atoms with Crippen molar-refractivity contribution in [1.82, 2.24) is 5.32 Å². The number of unbranched alkanes of at least 4 members (excludes halogenated alkanes) is 2. The van der Waals surface area contributed by atoms with Gasteiger partial charge in [0.25, 0.3) is 0 Å². The summed E-state index contributed by atoms with van der Waals surface area (Å²) >= 11 is 5.32. The van der Waals surface area contributed by atoms with Crippen LogP contribution in [0.5, 0.6) is 0 Å². The normalized spacial score (nSPS) is 12.9. The van der Waals surface area contributed by atoms with Gasteiger partial charge in [0.2, 0.25) is 0 Å². The van der Waals surface area contributed by atoms with Gasteiger partial charge in [-0.2, -0.15) is 0 Å². The van der Waals surface area contributed by atoms with Gasteiger partial charge in [0.1, 0.15) is 0 Å². The highest BCUT2D eigenvalue weighted by molar-refractivity contribution is 9.10. The number of halogens is 1. The van der Waals surface area contributed by atoms with E-state index in [1.54, 1.807) is 11.3 Å². The van der Waals surface area contributed by atoms with Gasteiger partial charge in [0.15, 0.2) is 0 Å². The summed E-state index contributed by atoms with van der Waals surface area (Å²) in [6.07, 6.45) is 3.04. The van der Waals surface area contributed by atoms with E-state index in [4.69, 9.17) is 10.8 Å². The average molecular weight is 321 g/mol. The molecule has 0 aromatic carbocycles. The van der Waals surface area contributed by atoms with Gasteiger partial charge in [0.05, 0.1) is 6.04 Å². The molecule has 4 N–H and O–H groups in total. The van der Waals surface area contributed by atoms with Gasteiger partial charge in [-0.3, -0.25) is 0 Å². The molecule has 1 unspecified atom stereocenters. The number of aryl methyl sites for hydroxylation is 1. The zero-order valence-corrected chi connectivity index (χ0v) is 12.6. The Labute approximate surface area is 116 Å². The van der Waals surface area contributed by atoms with Gasteiger partial charge < -0.3 is 16.2 Å². The molecule has 1 heterocycles. The van der Waals surface area contributed by atoms with Crippen molar-refractivity contribution in [1.29, 1.82) is 0 Å². The molecule has 0 bridgehead atoms. The number of thiophene rings is 1. The molecule has 0 fully saturated rings. The fourth-order valence-electron chi connectivity index (χ4n) is 1.64. The van der Waals surface area contributed by atoms with E-state index in [-0.39, 0.29) is 12.6 Å². The van der Waals surface area contributed by atoms with E-state index in [0.717, 1.165) is 30.3 Å². The Morgan fingerprint density at radius 3 is 2.76 bits per heavy atom. The van der Waals surface area contributed by atoms with Crippen LogP contribution in [0.1, 0.15) is 35.1 Å². The maximum atomic E-state index is 8.69. The third kappa shape index (κ3) is 5.06. The number of rotatable bonds is 8. The number of aliphatic hydroxyl groups is 1. The van der Waals surface area contributed by atoms with Crippen LogP contribution in [0.2, 0.25) is 0 Å². The van der Waals surface area contributed by atoms with Crippen molar-refractivity contribution in [2.45, 2.75) is 32.2 Å². The minimum Gasteiger partial charge on any atom is -0.396 e. The molecular weight excluding hydrogens is 300 g/mol. The summed E-state index contributed by atoms with van der Waals surface area (Å²) in [5.74, 6) is 0. The average Bonchev–Trinajstić information content (AvgIpc) is 2.64. The molecule has 17 heavy (non-hydrogen) atoms. The molecule has 0 saturated carbocycles. The first-order valence-corrected chi connectivity index (χ1v) is 7.60. The van der Waals surface area contributed by atoms with E-state index in [9.17, 15) is 0 Å². The maximum Gasteiger partial charge on any atom is 0.0539 e. The Balaban J connectivity index is 2.38. The highest BCUT2D eigenvalue weighted by atomic mass is 79.9. The minimum absolute atomic E-state index is 0.249. The molecule has 0 aliphatic heterocycles. The summed E-state index contributed by atoms with van der Waals surface area (Å²) in [5, 5.41) is 12.2. The topological polar surface area (TPSA) is 58.3 Å². The Kier molecular flexibility index (Phi) is 7.30. The SMILES string of the molecule is Cc1sc(C(CN)NCCCCCO)cc1Br. The van der Waals surface area contributed by atoms with Gasteiger partial charge in [0, 0.05) is 27.4 Å². The summed E-state index contributed by atoms with van der Waals surface area (Å²) in [7, 11) is 0. The fourth-order valence-corrected chi connectivity index (χ4v) is 3.29. The van der Waals surface area contributed by atoms with Crippen molar-refractivity contribution in [3.05, 3.63) is 20.3 Å². The molecule has 0 aliphatic rings. The quantitative estimate of drug-likeness (QED) is 0.645. The van der Waals surface area contributed by atoms with Crippen LogP contribution in [0.15, 0.2) is 10.5 Å². The molecule has 0 aliphatic carbocycles. The van der Waals surface area contributed by atoms with E-state index < -0.39 is 0 Å². The van der Waals surface area contributed by atoms with E-state index in [1.165, 1.54) is 9.75 Å². The van der Waals surface area contributed by atoms with Gasteiger partial charge in [-0.05, 0) is 54.7 Å². The Bertz CT molecular complexity index is 311. The first-order chi connectivity index (χ1) is 8.19. The van der Waals surface area contributed by atoms with Crippen LogP contribution in [0, 0.1) is 6.92 Å². The zero-order chi connectivity index (χ0) is 12.7. The first-order valence-electron chi connectivity index (χ1n) is 5.99. The molecule has 0 saturated heterocycles. The third-order valence-electron chi connectivity index (χ3n) is 2.68. The molecule has 0 spiro atoms. The van der Waals surface area contributed by atoms with Crippen LogP contribution < -0.4 is 11.1 Å². The standard InChI is InChI=1S/C12H21BrN2OS/c1-9-10(13)7-12(17-9)11(8-14)15-5-3-2-4-6-16/h7,11,15-16H,2-6,8,14H2,1H3. The van der Waals surface area contributed by atoms with E-state index in [0.29, 0.717) is 6.54 Å². The molecule has 1 aromatic rings. The van der Waals surface area contributed by atoms with Gasteiger partial charge in [-0.1, -0.05) is 0 Å². The van der Waals surface area contributed by atoms with E-state index in [1.807, 2.05) is 0 Å². The highest BCUT2D eigenvalue weighted by Gasteiger charge is 2.12. The van der Waals surface area contributed by atoms with Gasteiger partial charge in [-0.15, -0.1) is 11.3 Å². The number of nitrogens with one attached hydrogen (secondary N) is 1. The van der Waals surface area contributed by atoms with Gasteiger partial charge >= 0.3 is 0 Å². The van der Waals surface area contributed by atoms with Crippen LogP contribution >= 0.6 is 27.3 Å². The van der Waals surface area contributed by atoms with Crippen LogP contribution in [-0.4, -0.2) is 24.8 Å². The molecule has 0 amide bonds. The van der Waals surface area contributed by atoms with Crippen molar-refractivity contribution in [2.75, 3.05) is 19.7 Å². The molecule has 1 rings (SSSR count). The monoisotopic (exact) mass is 320 g/mol. The Hall–Kier alpha value is 0.0600. The van der Waals surface area contributed by atoms with Crippen molar-refractivity contribution >= 4 is 27.3 Å². The lowest BCUT2D eigenvalue weighted by molar-refractivity contribution is 0.282. The Morgan fingerprint density at radius 2 is 2.24 bits per heavy atom. The molecule has 98 valence electrons. The number of hydrogen-bond donors (Lipinski definition) is 3. The second-order valence-corrected chi connectivity index (χ2v) is 6.22. The summed E-state index contributed by atoms with van der Waals surface area (Å²) in [5.41, 5.74) is 5.79. The molecule has 0 radical (unpaired) electrons. The third-order valence-corrected chi connectivity index (χ3v) is 4.93. The van der Waals surface area contributed by atoms with Crippen LogP contribution in [0.3, 0.4) is 0 Å². The maximum absolute atomic E-state index is 8.69. The van der Waals surface area contributed by atoms with Crippen molar-refractivity contribution in [2.24, 2.45) is 5.73 Å². The van der Waals surface area contributed by atoms with Crippen molar-refractivity contribution in [3.63, 3.8) is 0 Å². The lowest BCUT2D eigenvalue weighted by atomic mass is 10.2. The Morgan fingerprint density at radius 1 is 1.47 bits per heavy atom. The zero-order valence-electron chi connectivity index (χ0n) is 10.2. The summed E-state index contributed by atoms with van der Waals surface area (Å²) < 4.78 is 1.16. The van der Waals surface area contributed by atoms with Crippen LogP contribution in [0.25, 0.3) is 0 Å². The molecule has 1 aromatic heterocycles. The summed E-state index contributed by atoms with van der Waals surface area (Å²) in [6.45, 7) is 3.97. The second-order valence-electron chi connectivity index (χ2n) is 4.08. The van der Waals surface area contributed by atoms with Crippen molar-refractivity contribution in [3.8, 4) is 0 Å². The highest BCUT2D eigenvalue weighted by Crippen LogP contribution is 2.30. The number of hydrogen-bond acceptors (Lipinski definition) is 4. The minimum atomic E-state index is 0.249. The number of aliphatic hydroxyl groups excluding tert-OH is 1. The second kappa shape index (κ2) is 8.21. The molecule has 1 atom stereocenters.